The van der Waals surface area contributed by atoms with E-state index >= 15 is 0 Å². The van der Waals surface area contributed by atoms with Crippen molar-refractivity contribution in [2.45, 2.75) is 38.3 Å². The van der Waals surface area contributed by atoms with Crippen LogP contribution in [0.25, 0.3) is 0 Å². The van der Waals surface area contributed by atoms with E-state index in [1.807, 2.05) is 0 Å². The average molecular weight is 483 g/mol. The Kier molecular flexibility index (Phi) is 6.66. The number of hydrogen-bond acceptors (Lipinski definition) is 2. The highest BCUT2D eigenvalue weighted by Crippen LogP contribution is 2.35. The van der Waals surface area contributed by atoms with Gasteiger partial charge in [-0.2, -0.15) is 13.2 Å². The Labute approximate surface area is 193 Å². The summed E-state index contributed by atoms with van der Waals surface area (Å²) in [5.41, 5.74) is 0.368. The first-order valence-corrected chi connectivity index (χ1v) is 11.2. The number of fused-ring (bicyclic) bond motifs is 1. The van der Waals surface area contributed by atoms with Crippen molar-refractivity contribution in [2.75, 3.05) is 18.0 Å². The predicted molar refractivity (Wildman–Crippen MR) is 117 cm³/mol. The topological polar surface area (TPSA) is 49.4 Å². The van der Waals surface area contributed by atoms with Gasteiger partial charge in [0.05, 0.1) is 28.3 Å². The van der Waals surface area contributed by atoms with Crippen molar-refractivity contribution in [3.8, 4) is 0 Å². The first kappa shape index (κ1) is 23.5. The number of hydrogen-bond donors (Lipinski definition) is 1. The smallest absolute Gasteiger partial charge is 0.352 e. The molecule has 0 atom stereocenters. The van der Waals surface area contributed by atoms with Gasteiger partial charge >= 0.3 is 6.18 Å². The van der Waals surface area contributed by atoms with E-state index in [1.54, 1.807) is 11.0 Å². The highest BCUT2D eigenvalue weighted by molar-refractivity contribution is 6.33. The molecule has 4 nitrogen and oxygen atoms in total. The highest BCUT2D eigenvalue weighted by Gasteiger charge is 2.33. The normalized spacial score (nSPS) is 20.6. The molecule has 1 saturated carbocycles. The number of carbonyl (C=O) groups excluding carboxylic acids is 2. The number of nitrogens with one attached hydrogen (secondary N) is 1. The summed E-state index contributed by atoms with van der Waals surface area (Å²) >= 11 is 5.94. The van der Waals surface area contributed by atoms with Gasteiger partial charge in [0.1, 0.15) is 5.82 Å². The minimum Gasteiger partial charge on any atom is -0.352 e. The van der Waals surface area contributed by atoms with Crippen LogP contribution in [0, 0.1) is 17.7 Å². The van der Waals surface area contributed by atoms with Gasteiger partial charge in [-0.3, -0.25) is 9.59 Å². The summed E-state index contributed by atoms with van der Waals surface area (Å²) in [6.45, 7) is 0.878. The van der Waals surface area contributed by atoms with Gasteiger partial charge in [0, 0.05) is 13.1 Å². The lowest BCUT2D eigenvalue weighted by molar-refractivity contribution is -0.137. The number of benzene rings is 2. The van der Waals surface area contributed by atoms with E-state index in [0.29, 0.717) is 18.8 Å². The molecule has 33 heavy (non-hydrogen) atoms. The van der Waals surface area contributed by atoms with Gasteiger partial charge in [-0.25, -0.2) is 4.39 Å². The highest BCUT2D eigenvalue weighted by atomic mass is 35.5. The van der Waals surface area contributed by atoms with Gasteiger partial charge in [0.15, 0.2) is 0 Å². The second-order valence-electron chi connectivity index (χ2n) is 8.74. The van der Waals surface area contributed by atoms with E-state index in [9.17, 15) is 27.2 Å². The van der Waals surface area contributed by atoms with Crippen LogP contribution in [0.2, 0.25) is 5.02 Å². The fourth-order valence-electron chi connectivity index (χ4n) is 4.61. The summed E-state index contributed by atoms with van der Waals surface area (Å²) in [5, 5.41) is 2.67. The maximum Gasteiger partial charge on any atom is 0.416 e. The molecule has 0 aromatic heterocycles. The summed E-state index contributed by atoms with van der Waals surface area (Å²) in [6.07, 6.45) is -0.937. The average Bonchev–Trinajstić information content (AvgIpc) is 3.07. The van der Waals surface area contributed by atoms with Crippen molar-refractivity contribution in [1.82, 2.24) is 5.32 Å². The summed E-state index contributed by atoms with van der Waals surface area (Å²) < 4.78 is 52.4. The van der Waals surface area contributed by atoms with E-state index in [4.69, 9.17) is 11.6 Å². The first-order valence-electron chi connectivity index (χ1n) is 10.9. The molecule has 1 aliphatic heterocycles. The van der Waals surface area contributed by atoms with Crippen LogP contribution in [-0.4, -0.2) is 24.9 Å². The summed E-state index contributed by atoms with van der Waals surface area (Å²) in [4.78, 5) is 26.5. The zero-order valence-corrected chi connectivity index (χ0v) is 18.5. The van der Waals surface area contributed by atoms with Gasteiger partial charge in [-0.1, -0.05) is 17.7 Å². The van der Waals surface area contributed by atoms with Gasteiger partial charge in [0.25, 0.3) is 5.91 Å². The summed E-state index contributed by atoms with van der Waals surface area (Å²) in [7, 11) is 0. The van der Waals surface area contributed by atoms with Crippen molar-refractivity contribution in [3.63, 3.8) is 0 Å². The van der Waals surface area contributed by atoms with Crippen molar-refractivity contribution in [3.05, 3.63) is 63.9 Å². The third-order valence-corrected chi connectivity index (χ3v) is 6.81. The van der Waals surface area contributed by atoms with Gasteiger partial charge < -0.3 is 10.2 Å². The molecule has 4 rings (SSSR count). The van der Waals surface area contributed by atoms with E-state index in [1.165, 1.54) is 12.1 Å². The van der Waals surface area contributed by atoms with Crippen molar-refractivity contribution in [1.29, 1.82) is 0 Å². The molecule has 9 heteroatoms. The molecule has 2 aromatic rings. The second kappa shape index (κ2) is 9.33. The lowest BCUT2D eigenvalue weighted by Gasteiger charge is -2.31. The van der Waals surface area contributed by atoms with Crippen molar-refractivity contribution >= 4 is 29.1 Å². The Morgan fingerprint density at radius 2 is 1.76 bits per heavy atom. The Bertz CT molecular complexity index is 1060. The van der Waals surface area contributed by atoms with Gasteiger partial charge in [-0.15, -0.1) is 0 Å². The lowest BCUT2D eigenvalue weighted by Crippen LogP contribution is -2.36. The Balaban J connectivity index is 1.29. The van der Waals surface area contributed by atoms with Crippen LogP contribution in [0.3, 0.4) is 0 Å². The van der Waals surface area contributed by atoms with Crippen LogP contribution >= 0.6 is 11.6 Å². The van der Waals surface area contributed by atoms with Crippen molar-refractivity contribution in [2.24, 2.45) is 11.8 Å². The van der Waals surface area contributed by atoms with Crippen molar-refractivity contribution < 1.29 is 27.2 Å². The van der Waals surface area contributed by atoms with Gasteiger partial charge in [0.2, 0.25) is 5.91 Å². The third-order valence-electron chi connectivity index (χ3n) is 6.48. The summed E-state index contributed by atoms with van der Waals surface area (Å²) in [5.74, 6) is -0.562. The molecule has 2 amide bonds. The minimum absolute atomic E-state index is 0.0250. The number of rotatable bonds is 5. The van der Waals surface area contributed by atoms with Crippen LogP contribution in [0.1, 0.15) is 47.2 Å². The number of alkyl halides is 3. The van der Waals surface area contributed by atoms with Gasteiger partial charge in [-0.05, 0) is 73.4 Å². The molecule has 0 saturated heterocycles. The van der Waals surface area contributed by atoms with E-state index < -0.39 is 17.6 Å². The molecule has 2 aromatic carbocycles. The number of halogens is 5. The monoisotopic (exact) mass is 482 g/mol. The fraction of sp³-hybridized carbons (Fsp3) is 0.417. The zero-order chi connectivity index (χ0) is 23.8. The van der Waals surface area contributed by atoms with Crippen LogP contribution < -0.4 is 10.2 Å². The SMILES string of the molecule is O=C(NCC1CCC(CN2C(=O)Cc3ccc(F)cc32)CC1)c1cc(C(F)(F)F)ccc1Cl. The van der Waals surface area contributed by atoms with Crippen LogP contribution in [0.15, 0.2) is 36.4 Å². The summed E-state index contributed by atoms with van der Waals surface area (Å²) in [6, 6.07) is 7.11. The zero-order valence-electron chi connectivity index (χ0n) is 17.7. The Morgan fingerprint density at radius 3 is 2.45 bits per heavy atom. The van der Waals surface area contributed by atoms with Crippen LogP contribution in [-0.2, 0) is 17.4 Å². The maximum atomic E-state index is 13.6. The molecule has 0 unspecified atom stereocenters. The molecule has 1 fully saturated rings. The van der Waals surface area contributed by atoms with E-state index in [2.05, 4.69) is 5.32 Å². The lowest BCUT2D eigenvalue weighted by atomic mass is 9.81. The minimum atomic E-state index is -4.55. The molecule has 176 valence electrons. The molecule has 0 radical (unpaired) electrons. The van der Waals surface area contributed by atoms with Crippen LogP contribution in [0.5, 0.6) is 0 Å². The van der Waals surface area contributed by atoms with Crippen LogP contribution in [0.4, 0.5) is 23.2 Å². The fourth-order valence-corrected chi connectivity index (χ4v) is 4.82. The van der Waals surface area contributed by atoms with E-state index in [0.717, 1.165) is 49.4 Å². The molecular weight excluding hydrogens is 460 g/mol. The molecule has 0 bridgehead atoms. The molecular formula is C24H23ClF4N2O2. The third kappa shape index (κ3) is 5.32. The van der Waals surface area contributed by atoms with E-state index in [-0.39, 0.29) is 40.6 Å². The molecule has 0 spiro atoms. The molecule has 2 aliphatic rings. The largest absolute Gasteiger partial charge is 0.416 e. The first-order chi connectivity index (χ1) is 15.6. The Morgan fingerprint density at radius 1 is 1.06 bits per heavy atom. The maximum absolute atomic E-state index is 13.6. The quantitative estimate of drug-likeness (QED) is 0.562. The second-order valence-corrected chi connectivity index (χ2v) is 9.15. The number of carbonyl (C=O) groups is 2. The molecule has 1 aliphatic carbocycles. The molecule has 1 N–H and O–H groups in total. The number of nitrogens with zero attached hydrogens (tertiary/aromatic N) is 1. The number of amides is 2. The predicted octanol–water partition coefficient (Wildman–Crippen LogP) is 5.62. The standard InChI is InChI=1S/C24H23ClF4N2O2/c25-20-8-6-17(24(27,28)29)10-19(20)23(33)30-12-14-1-3-15(4-2-14)13-31-21-11-18(26)7-5-16(21)9-22(31)32/h5-8,10-11,14-15H,1-4,9,12-13H2,(H,30,33). The number of anilines is 1. The Hall–Kier alpha value is -2.61. The molecule has 1 heterocycles.